The standard InChI is InChI=1S/C14H20N2O3/c1-9-6-5-7-15-10(9)8-16-12(17)11(13(18)19)14(2,3)4/h5-7,11H,8H2,1-4H3,(H,16,17)(H,18,19). The van der Waals surface area contributed by atoms with Crippen molar-refractivity contribution < 1.29 is 14.7 Å². The van der Waals surface area contributed by atoms with E-state index < -0.39 is 23.2 Å². The molecule has 5 heteroatoms. The van der Waals surface area contributed by atoms with Crippen molar-refractivity contribution in [2.75, 3.05) is 0 Å². The number of hydrogen-bond acceptors (Lipinski definition) is 3. The Morgan fingerprint density at radius 1 is 1.42 bits per heavy atom. The molecule has 0 spiro atoms. The number of carbonyl (C=O) groups excluding carboxylic acids is 1. The van der Waals surface area contributed by atoms with E-state index >= 15 is 0 Å². The summed E-state index contributed by atoms with van der Waals surface area (Å²) < 4.78 is 0. The van der Waals surface area contributed by atoms with Gasteiger partial charge in [0.25, 0.3) is 0 Å². The molecular formula is C14H20N2O3. The lowest BCUT2D eigenvalue weighted by molar-refractivity contribution is -0.151. The average molecular weight is 264 g/mol. The van der Waals surface area contributed by atoms with Crippen molar-refractivity contribution in [1.29, 1.82) is 0 Å². The molecule has 1 heterocycles. The molecule has 0 saturated carbocycles. The van der Waals surface area contributed by atoms with Crippen LogP contribution in [0.4, 0.5) is 0 Å². The van der Waals surface area contributed by atoms with E-state index in [0.717, 1.165) is 11.3 Å². The number of aryl methyl sites for hydroxylation is 1. The highest BCUT2D eigenvalue weighted by molar-refractivity contribution is 5.97. The molecule has 1 aromatic heterocycles. The molecule has 1 amide bonds. The Labute approximate surface area is 113 Å². The van der Waals surface area contributed by atoms with Gasteiger partial charge in [0.2, 0.25) is 5.91 Å². The molecule has 0 bridgehead atoms. The molecule has 2 N–H and O–H groups in total. The van der Waals surface area contributed by atoms with E-state index in [-0.39, 0.29) is 6.54 Å². The summed E-state index contributed by atoms with van der Waals surface area (Å²) in [7, 11) is 0. The monoisotopic (exact) mass is 264 g/mol. The number of hydrogen-bond donors (Lipinski definition) is 2. The van der Waals surface area contributed by atoms with E-state index in [1.54, 1.807) is 27.0 Å². The van der Waals surface area contributed by atoms with Crippen LogP contribution in [0, 0.1) is 18.3 Å². The van der Waals surface area contributed by atoms with Gasteiger partial charge in [0.1, 0.15) is 5.92 Å². The molecule has 0 aliphatic heterocycles. The van der Waals surface area contributed by atoms with Crippen molar-refractivity contribution in [2.24, 2.45) is 11.3 Å². The molecular weight excluding hydrogens is 244 g/mol. The summed E-state index contributed by atoms with van der Waals surface area (Å²) in [5.74, 6) is -2.66. The lowest BCUT2D eigenvalue weighted by atomic mass is 9.80. The third kappa shape index (κ3) is 4.05. The van der Waals surface area contributed by atoms with Crippen molar-refractivity contribution in [2.45, 2.75) is 34.2 Å². The van der Waals surface area contributed by atoms with Gasteiger partial charge in [-0.05, 0) is 24.0 Å². The Hall–Kier alpha value is -1.91. The number of amides is 1. The van der Waals surface area contributed by atoms with Crippen LogP contribution in [-0.4, -0.2) is 22.0 Å². The highest BCUT2D eigenvalue weighted by Gasteiger charge is 2.37. The first-order chi connectivity index (χ1) is 8.73. The largest absolute Gasteiger partial charge is 0.481 e. The second-order valence-corrected chi connectivity index (χ2v) is 5.62. The summed E-state index contributed by atoms with van der Waals surface area (Å²) in [5.41, 5.74) is 1.08. The topological polar surface area (TPSA) is 79.3 Å². The first kappa shape index (κ1) is 15.1. The van der Waals surface area contributed by atoms with Gasteiger partial charge < -0.3 is 10.4 Å². The van der Waals surface area contributed by atoms with E-state index in [2.05, 4.69) is 10.3 Å². The van der Waals surface area contributed by atoms with Gasteiger partial charge in [-0.1, -0.05) is 26.8 Å². The van der Waals surface area contributed by atoms with Gasteiger partial charge in [0, 0.05) is 6.20 Å². The van der Waals surface area contributed by atoms with E-state index in [1.807, 2.05) is 19.1 Å². The normalized spacial score (nSPS) is 12.8. The number of carboxylic acid groups (broad SMARTS) is 1. The summed E-state index contributed by atoms with van der Waals surface area (Å²) in [6.45, 7) is 7.34. The minimum atomic E-state index is -1.11. The van der Waals surface area contributed by atoms with Crippen molar-refractivity contribution >= 4 is 11.9 Å². The Morgan fingerprint density at radius 2 is 2.05 bits per heavy atom. The highest BCUT2D eigenvalue weighted by Crippen LogP contribution is 2.26. The van der Waals surface area contributed by atoms with Crippen LogP contribution < -0.4 is 5.32 Å². The fraction of sp³-hybridized carbons (Fsp3) is 0.500. The first-order valence-electron chi connectivity index (χ1n) is 6.14. The summed E-state index contributed by atoms with van der Waals surface area (Å²) in [6.07, 6.45) is 1.65. The Kier molecular flexibility index (Phi) is 4.64. The molecule has 0 radical (unpaired) electrons. The van der Waals surface area contributed by atoms with Crippen molar-refractivity contribution in [1.82, 2.24) is 10.3 Å². The van der Waals surface area contributed by atoms with Crippen LogP contribution >= 0.6 is 0 Å². The number of aromatic nitrogens is 1. The van der Waals surface area contributed by atoms with Gasteiger partial charge in [0.15, 0.2) is 0 Å². The Bertz CT molecular complexity index is 478. The third-order valence-electron chi connectivity index (χ3n) is 2.92. The molecule has 1 rings (SSSR count). The van der Waals surface area contributed by atoms with Crippen LogP contribution in [0.15, 0.2) is 18.3 Å². The van der Waals surface area contributed by atoms with Gasteiger partial charge in [0.05, 0.1) is 12.2 Å². The van der Waals surface area contributed by atoms with Crippen LogP contribution in [0.3, 0.4) is 0 Å². The SMILES string of the molecule is Cc1cccnc1CNC(=O)C(C(=O)O)C(C)(C)C. The molecule has 19 heavy (non-hydrogen) atoms. The average Bonchev–Trinajstić information content (AvgIpc) is 2.25. The lowest BCUT2D eigenvalue weighted by Crippen LogP contribution is -2.42. The minimum Gasteiger partial charge on any atom is -0.481 e. The fourth-order valence-electron chi connectivity index (χ4n) is 1.85. The van der Waals surface area contributed by atoms with Crippen molar-refractivity contribution in [3.63, 3.8) is 0 Å². The van der Waals surface area contributed by atoms with Gasteiger partial charge in [-0.2, -0.15) is 0 Å². The maximum absolute atomic E-state index is 12.0. The van der Waals surface area contributed by atoms with Crippen LogP contribution in [0.25, 0.3) is 0 Å². The number of aliphatic carboxylic acids is 1. The van der Waals surface area contributed by atoms with E-state index in [0.29, 0.717) is 0 Å². The second kappa shape index (κ2) is 5.82. The third-order valence-corrected chi connectivity index (χ3v) is 2.92. The second-order valence-electron chi connectivity index (χ2n) is 5.62. The van der Waals surface area contributed by atoms with Gasteiger partial charge in [-0.3, -0.25) is 14.6 Å². The van der Waals surface area contributed by atoms with Gasteiger partial charge >= 0.3 is 5.97 Å². The Balaban J connectivity index is 2.74. The zero-order chi connectivity index (χ0) is 14.6. The molecule has 1 aromatic rings. The number of carboxylic acids is 1. The predicted molar refractivity (Wildman–Crippen MR) is 71.4 cm³/mol. The highest BCUT2D eigenvalue weighted by atomic mass is 16.4. The van der Waals surface area contributed by atoms with E-state index in [4.69, 9.17) is 5.11 Å². The molecule has 1 atom stereocenters. The first-order valence-corrected chi connectivity index (χ1v) is 6.14. The smallest absolute Gasteiger partial charge is 0.316 e. The molecule has 0 aliphatic rings. The maximum Gasteiger partial charge on any atom is 0.316 e. The summed E-state index contributed by atoms with van der Waals surface area (Å²) in [4.78, 5) is 27.3. The quantitative estimate of drug-likeness (QED) is 0.812. The number of nitrogens with zero attached hydrogens (tertiary/aromatic N) is 1. The fourth-order valence-corrected chi connectivity index (χ4v) is 1.85. The minimum absolute atomic E-state index is 0.241. The van der Waals surface area contributed by atoms with Crippen LogP contribution in [-0.2, 0) is 16.1 Å². The van der Waals surface area contributed by atoms with Crippen LogP contribution in [0.5, 0.6) is 0 Å². The molecule has 5 nitrogen and oxygen atoms in total. The molecule has 0 aromatic carbocycles. The molecule has 0 aliphatic carbocycles. The zero-order valence-corrected chi connectivity index (χ0v) is 11.7. The van der Waals surface area contributed by atoms with E-state index in [1.165, 1.54) is 0 Å². The Morgan fingerprint density at radius 3 is 2.53 bits per heavy atom. The maximum atomic E-state index is 12.0. The van der Waals surface area contributed by atoms with Crippen LogP contribution in [0.1, 0.15) is 32.0 Å². The molecule has 0 saturated heterocycles. The summed E-state index contributed by atoms with van der Waals surface area (Å²) in [6, 6.07) is 3.71. The van der Waals surface area contributed by atoms with Gasteiger partial charge in [-0.25, -0.2) is 0 Å². The number of nitrogens with one attached hydrogen (secondary N) is 1. The lowest BCUT2D eigenvalue weighted by Gasteiger charge is -2.25. The number of rotatable bonds is 4. The van der Waals surface area contributed by atoms with Crippen molar-refractivity contribution in [3.8, 4) is 0 Å². The summed E-state index contributed by atoms with van der Waals surface area (Å²) >= 11 is 0. The number of pyridine rings is 1. The predicted octanol–water partition coefficient (Wildman–Crippen LogP) is 1.75. The summed E-state index contributed by atoms with van der Waals surface area (Å²) in [5, 5.41) is 11.8. The number of carbonyl (C=O) groups is 2. The van der Waals surface area contributed by atoms with E-state index in [9.17, 15) is 9.59 Å². The molecule has 1 unspecified atom stereocenters. The van der Waals surface area contributed by atoms with Crippen molar-refractivity contribution in [3.05, 3.63) is 29.6 Å². The van der Waals surface area contributed by atoms with Crippen LogP contribution in [0.2, 0.25) is 0 Å². The zero-order valence-electron chi connectivity index (χ0n) is 11.7. The molecule has 104 valence electrons. The van der Waals surface area contributed by atoms with Gasteiger partial charge in [-0.15, -0.1) is 0 Å². The molecule has 0 fully saturated rings.